The van der Waals surface area contributed by atoms with E-state index < -0.39 is 0 Å². The zero-order chi connectivity index (χ0) is 21.1. The van der Waals surface area contributed by atoms with E-state index in [-0.39, 0.29) is 11.0 Å². The normalized spacial score (nSPS) is 15.1. The summed E-state index contributed by atoms with van der Waals surface area (Å²) in [6, 6.07) is 13.3. The lowest BCUT2D eigenvalue weighted by Gasteiger charge is -2.24. The number of fused-ring (bicyclic) bond motifs is 1. The van der Waals surface area contributed by atoms with Gasteiger partial charge in [0.25, 0.3) is 0 Å². The molecule has 9 heteroatoms. The molecule has 0 bridgehead atoms. The lowest BCUT2D eigenvalue weighted by Crippen LogP contribution is -3.13. The van der Waals surface area contributed by atoms with Crippen LogP contribution in [0.4, 0.5) is 11.4 Å². The number of halogens is 1. The van der Waals surface area contributed by atoms with Gasteiger partial charge < -0.3 is 20.1 Å². The second-order valence-corrected chi connectivity index (χ2v) is 7.97. The van der Waals surface area contributed by atoms with Gasteiger partial charge in [0.1, 0.15) is 13.1 Å². The lowest BCUT2D eigenvalue weighted by molar-refractivity contribution is -0.930. The van der Waals surface area contributed by atoms with Crippen LogP contribution in [-0.2, 0) is 11.4 Å². The van der Waals surface area contributed by atoms with E-state index in [9.17, 15) is 5.11 Å². The Morgan fingerprint density at radius 3 is 2.80 bits per heavy atom. The molecular formula is C21H23ClN5O2S+. The van der Waals surface area contributed by atoms with Crippen molar-refractivity contribution in [3.8, 4) is 5.88 Å². The van der Waals surface area contributed by atoms with Crippen LogP contribution < -0.4 is 10.2 Å². The zero-order valence-electron chi connectivity index (χ0n) is 16.6. The number of aromatic hydroxyl groups is 1. The molecule has 0 aliphatic carbocycles. The van der Waals surface area contributed by atoms with Gasteiger partial charge in [-0.1, -0.05) is 35.9 Å². The predicted molar refractivity (Wildman–Crippen MR) is 122 cm³/mol. The maximum Gasteiger partial charge on any atom is 0.225 e. The molecule has 2 aromatic carbocycles. The molecule has 0 amide bonds. The third-order valence-electron chi connectivity index (χ3n) is 5.25. The van der Waals surface area contributed by atoms with Crippen LogP contribution in [0.2, 0.25) is 5.02 Å². The van der Waals surface area contributed by atoms with Gasteiger partial charge in [-0.15, -0.1) is 10.2 Å². The van der Waals surface area contributed by atoms with Gasteiger partial charge in [0.2, 0.25) is 11.0 Å². The van der Waals surface area contributed by atoms with Crippen molar-refractivity contribution in [2.75, 3.05) is 31.6 Å². The Hall–Kier alpha value is -2.52. The van der Waals surface area contributed by atoms with Crippen molar-refractivity contribution in [3.05, 3.63) is 53.1 Å². The third-order valence-corrected chi connectivity index (χ3v) is 5.84. The Morgan fingerprint density at radius 2 is 2.00 bits per heavy atom. The van der Waals surface area contributed by atoms with Crippen LogP contribution >= 0.6 is 23.8 Å². The van der Waals surface area contributed by atoms with Crippen LogP contribution in [0.15, 0.2) is 52.7 Å². The summed E-state index contributed by atoms with van der Waals surface area (Å²) >= 11 is 11.5. The Bertz CT molecular complexity index is 1110. The molecule has 156 valence electrons. The number of hydrogen-bond donors (Lipinski definition) is 3. The Balaban J connectivity index is 1.59. The molecule has 1 aromatic heterocycles. The highest BCUT2D eigenvalue weighted by Crippen LogP contribution is 2.38. The average Bonchev–Trinajstić information content (AvgIpc) is 3.02. The first-order valence-electron chi connectivity index (χ1n) is 9.74. The smallest absolute Gasteiger partial charge is 0.225 e. The molecule has 2 heterocycles. The molecule has 0 saturated carbocycles. The second kappa shape index (κ2) is 9.09. The number of thiocarbonyl (C=S) groups is 1. The van der Waals surface area contributed by atoms with Crippen LogP contribution in [0, 0.1) is 6.92 Å². The molecule has 0 spiro atoms. The van der Waals surface area contributed by atoms with Crippen molar-refractivity contribution in [1.29, 1.82) is 0 Å². The van der Waals surface area contributed by atoms with E-state index in [2.05, 4.69) is 15.5 Å². The Morgan fingerprint density at radius 1 is 1.23 bits per heavy atom. The van der Waals surface area contributed by atoms with Gasteiger partial charge in [-0.2, -0.15) is 0 Å². The van der Waals surface area contributed by atoms with Gasteiger partial charge in [-0.3, -0.25) is 4.57 Å². The number of rotatable bonds is 4. The molecule has 3 N–H and O–H groups in total. The molecule has 1 aliphatic rings. The molecule has 3 aromatic rings. The molecule has 0 atom stereocenters. The molecule has 1 saturated heterocycles. The lowest BCUT2D eigenvalue weighted by atomic mass is 10.2. The monoisotopic (exact) mass is 444 g/mol. The van der Waals surface area contributed by atoms with Gasteiger partial charge in [-0.25, -0.2) is 0 Å². The fourth-order valence-electron chi connectivity index (χ4n) is 3.55. The van der Waals surface area contributed by atoms with E-state index in [1.807, 2.05) is 54.0 Å². The van der Waals surface area contributed by atoms with Crippen molar-refractivity contribution in [2.45, 2.75) is 13.6 Å². The molecule has 0 unspecified atom stereocenters. The largest absolute Gasteiger partial charge is 0.493 e. The van der Waals surface area contributed by atoms with Crippen molar-refractivity contribution >= 4 is 51.2 Å². The highest BCUT2D eigenvalue weighted by Gasteiger charge is 2.21. The summed E-state index contributed by atoms with van der Waals surface area (Å²) in [5.74, 6) is 0.0840. The van der Waals surface area contributed by atoms with Crippen molar-refractivity contribution in [2.24, 2.45) is 10.2 Å². The topological polar surface area (TPSA) is 75.6 Å². The number of quaternary nitrogens is 1. The number of benzene rings is 2. The quantitative estimate of drug-likeness (QED) is 0.424. The number of hydrogen-bond acceptors (Lipinski definition) is 4. The van der Waals surface area contributed by atoms with E-state index in [1.165, 1.54) is 4.90 Å². The number of nitrogens with one attached hydrogen (secondary N) is 2. The Kier molecular flexibility index (Phi) is 6.29. The maximum absolute atomic E-state index is 10.9. The summed E-state index contributed by atoms with van der Waals surface area (Å²) < 4.78 is 7.31. The molecule has 7 nitrogen and oxygen atoms in total. The standard InChI is InChI=1S/C21H22ClN5O2S/c1-14-16(22)6-4-7-17(14)23-21(30)25-24-19-15-5-2-3-8-18(15)27(20(19)28)13-26-9-11-29-12-10-26/h2-8,28H,9-13H2,1H3,(H,23,30)/p+1. The minimum atomic E-state index is 0.0840. The highest BCUT2D eigenvalue weighted by atomic mass is 35.5. The van der Waals surface area contributed by atoms with Crippen molar-refractivity contribution < 1.29 is 14.7 Å². The van der Waals surface area contributed by atoms with Gasteiger partial charge in [-0.05, 0) is 42.9 Å². The minimum Gasteiger partial charge on any atom is -0.493 e. The summed E-state index contributed by atoms with van der Waals surface area (Å²) in [7, 11) is 0. The fraction of sp³-hybridized carbons (Fsp3) is 0.286. The molecule has 1 fully saturated rings. The summed E-state index contributed by atoms with van der Waals surface area (Å²) in [5, 5.41) is 24.0. The van der Waals surface area contributed by atoms with Gasteiger partial charge in [0.05, 0.1) is 18.7 Å². The first kappa shape index (κ1) is 20.7. The number of nitrogens with zero attached hydrogens (tertiary/aromatic N) is 3. The number of azo groups is 1. The number of ether oxygens (including phenoxy) is 1. The molecular weight excluding hydrogens is 422 g/mol. The zero-order valence-corrected chi connectivity index (χ0v) is 18.1. The first-order valence-corrected chi connectivity index (χ1v) is 10.5. The number of para-hydroxylation sites is 1. The minimum absolute atomic E-state index is 0.0840. The van der Waals surface area contributed by atoms with Crippen LogP contribution in [0.3, 0.4) is 0 Å². The number of anilines is 1. The van der Waals surface area contributed by atoms with Crippen LogP contribution in [0.1, 0.15) is 5.56 Å². The van der Waals surface area contributed by atoms with Gasteiger partial charge in [0.15, 0.2) is 12.4 Å². The SMILES string of the molecule is Cc1c(Cl)cccc1NC(=S)N=Nc1c(O)n(C[NH+]2CCOCC2)c2ccccc12. The Labute approximate surface area is 184 Å². The predicted octanol–water partition coefficient (Wildman–Crippen LogP) is 3.66. The first-order chi connectivity index (χ1) is 14.5. The van der Waals surface area contributed by atoms with E-state index in [0.29, 0.717) is 17.4 Å². The molecule has 0 radical (unpaired) electrons. The summed E-state index contributed by atoms with van der Waals surface area (Å²) in [6.07, 6.45) is 0. The van der Waals surface area contributed by atoms with E-state index >= 15 is 0 Å². The highest BCUT2D eigenvalue weighted by molar-refractivity contribution is 7.80. The molecule has 30 heavy (non-hydrogen) atoms. The fourth-order valence-corrected chi connectivity index (χ4v) is 3.88. The number of aromatic nitrogens is 1. The maximum atomic E-state index is 10.9. The number of morpholine rings is 1. The summed E-state index contributed by atoms with van der Waals surface area (Å²) in [4.78, 5) is 1.34. The van der Waals surface area contributed by atoms with Crippen LogP contribution in [0.25, 0.3) is 10.9 Å². The summed E-state index contributed by atoms with van der Waals surface area (Å²) in [5.41, 5.74) is 2.97. The molecule has 1 aliphatic heterocycles. The van der Waals surface area contributed by atoms with Gasteiger partial charge >= 0.3 is 0 Å². The average molecular weight is 445 g/mol. The van der Waals surface area contributed by atoms with Gasteiger partial charge in [0, 0.05) is 16.1 Å². The third kappa shape index (κ3) is 4.32. The molecule has 4 rings (SSSR count). The van der Waals surface area contributed by atoms with Crippen molar-refractivity contribution in [1.82, 2.24) is 4.57 Å². The second-order valence-electron chi connectivity index (χ2n) is 7.18. The summed E-state index contributed by atoms with van der Waals surface area (Å²) in [6.45, 7) is 5.79. The van der Waals surface area contributed by atoms with Crippen molar-refractivity contribution in [3.63, 3.8) is 0 Å². The van der Waals surface area contributed by atoms with E-state index in [4.69, 9.17) is 28.6 Å². The van der Waals surface area contributed by atoms with E-state index in [0.717, 1.165) is 48.5 Å². The van der Waals surface area contributed by atoms with Crippen LogP contribution in [-0.4, -0.2) is 41.1 Å². The van der Waals surface area contributed by atoms with E-state index in [1.54, 1.807) is 0 Å². The van der Waals surface area contributed by atoms with Crippen LogP contribution in [0.5, 0.6) is 5.88 Å².